The predicted octanol–water partition coefficient (Wildman–Crippen LogP) is 3.96. The van der Waals surface area contributed by atoms with Crippen molar-refractivity contribution in [2.75, 3.05) is 6.54 Å². The first-order chi connectivity index (χ1) is 16.5. The zero-order chi connectivity index (χ0) is 25.6. The Morgan fingerprint density at radius 2 is 1.80 bits per heavy atom. The number of rotatable bonds is 8. The maximum atomic E-state index is 12.8. The van der Waals surface area contributed by atoms with E-state index in [1.807, 2.05) is 12.1 Å². The minimum Gasteiger partial charge on any atom is -0.619 e. The Morgan fingerprint density at radius 1 is 1.14 bits per heavy atom. The molecule has 1 atom stereocenters. The molecule has 0 spiro atoms. The molecule has 1 aliphatic carbocycles. The van der Waals surface area contributed by atoms with E-state index in [1.54, 1.807) is 6.92 Å². The van der Waals surface area contributed by atoms with Crippen LogP contribution in [0.4, 0.5) is 13.2 Å². The topological polar surface area (TPSA) is 109 Å². The van der Waals surface area contributed by atoms with Crippen molar-refractivity contribution in [2.24, 2.45) is 5.92 Å². The van der Waals surface area contributed by atoms with E-state index in [0.717, 1.165) is 54.2 Å². The summed E-state index contributed by atoms with van der Waals surface area (Å²) < 4.78 is 39.2. The number of carbonyl (C=O) groups excluding carboxylic acids is 2. The Balaban J connectivity index is 1.40. The summed E-state index contributed by atoms with van der Waals surface area (Å²) in [6.45, 7) is 1.40. The Morgan fingerprint density at radius 3 is 2.43 bits per heavy atom. The van der Waals surface area contributed by atoms with Gasteiger partial charge in [-0.3, -0.25) is 9.59 Å². The fraction of sp³-hybridized carbons (Fsp3) is 0.440. The molecule has 2 aromatic rings. The molecule has 188 valence electrons. The number of alkyl halides is 3. The number of carbonyl (C=O) groups is 2. The largest absolute Gasteiger partial charge is 0.619 e. The van der Waals surface area contributed by atoms with Crippen LogP contribution >= 0.6 is 0 Å². The Labute approximate surface area is 201 Å². The normalized spacial score (nSPS) is 19.0. The lowest BCUT2D eigenvalue weighted by Crippen LogP contribution is -2.42. The van der Waals surface area contributed by atoms with Crippen molar-refractivity contribution >= 4 is 17.5 Å². The van der Waals surface area contributed by atoms with Crippen LogP contribution in [0.2, 0.25) is 0 Å². The quantitative estimate of drug-likeness (QED) is 0.296. The fourth-order valence-electron chi connectivity index (χ4n) is 4.44. The van der Waals surface area contributed by atoms with Crippen LogP contribution < -0.4 is 15.4 Å². The molecule has 3 N–H and O–H groups in total. The standard InChI is InChI=1S/C25H29F3N4O3/c1-16(13-22(29)19-7-5-17(6-8-19)18-9-11-32(35)12-10-18)31-23(33)15-30-24(34)20-3-2-4-21(14-20)25(26,27)28/h2-4,9-12,14,16-17,19,29H,5-8,13,15H2,1H3,(H,30,34)(H,31,33)/t16-,17?,19?/m1/s1. The van der Waals surface area contributed by atoms with Crippen LogP contribution in [0, 0.1) is 16.5 Å². The van der Waals surface area contributed by atoms with Crippen LogP contribution in [0.5, 0.6) is 0 Å². The van der Waals surface area contributed by atoms with Crippen LogP contribution in [-0.2, 0) is 11.0 Å². The van der Waals surface area contributed by atoms with Gasteiger partial charge >= 0.3 is 6.18 Å². The third-order valence-electron chi connectivity index (χ3n) is 6.31. The lowest BCUT2D eigenvalue weighted by molar-refractivity contribution is -0.605. The van der Waals surface area contributed by atoms with E-state index in [1.165, 1.54) is 18.5 Å². The maximum absolute atomic E-state index is 12.8. The molecule has 3 rings (SSSR count). The third kappa shape index (κ3) is 7.53. The number of hydrogen-bond donors (Lipinski definition) is 3. The van der Waals surface area contributed by atoms with E-state index in [-0.39, 0.29) is 24.1 Å². The molecule has 1 aromatic heterocycles. The van der Waals surface area contributed by atoms with Crippen molar-refractivity contribution < 1.29 is 27.5 Å². The smallest absolute Gasteiger partial charge is 0.416 e. The van der Waals surface area contributed by atoms with Gasteiger partial charge in [0.1, 0.15) is 0 Å². The average molecular weight is 491 g/mol. The highest BCUT2D eigenvalue weighted by Gasteiger charge is 2.31. The average Bonchev–Trinajstić information content (AvgIpc) is 2.82. The molecule has 7 nitrogen and oxygen atoms in total. The molecule has 1 fully saturated rings. The molecule has 35 heavy (non-hydrogen) atoms. The van der Waals surface area contributed by atoms with E-state index in [2.05, 4.69) is 10.6 Å². The van der Waals surface area contributed by atoms with Crippen molar-refractivity contribution in [1.82, 2.24) is 10.6 Å². The molecule has 0 bridgehead atoms. The SMILES string of the molecule is C[C@H](CC(=N)C1CCC(c2cc[n+]([O-])cc2)CC1)NC(=O)CNC(=O)c1cccc(C(F)(F)F)c1. The highest BCUT2D eigenvalue weighted by atomic mass is 19.4. The van der Waals surface area contributed by atoms with Gasteiger partial charge in [0.2, 0.25) is 5.91 Å². The molecule has 0 aliphatic heterocycles. The minimum atomic E-state index is -4.56. The maximum Gasteiger partial charge on any atom is 0.416 e. The predicted molar refractivity (Wildman–Crippen MR) is 124 cm³/mol. The lowest BCUT2D eigenvalue weighted by atomic mass is 9.76. The van der Waals surface area contributed by atoms with Gasteiger partial charge in [0.25, 0.3) is 5.91 Å². The van der Waals surface area contributed by atoms with E-state index in [4.69, 9.17) is 5.41 Å². The van der Waals surface area contributed by atoms with Crippen molar-refractivity contribution in [3.8, 4) is 0 Å². The van der Waals surface area contributed by atoms with Gasteiger partial charge < -0.3 is 21.3 Å². The molecule has 1 saturated carbocycles. The van der Waals surface area contributed by atoms with Crippen LogP contribution in [0.25, 0.3) is 0 Å². The molecular weight excluding hydrogens is 461 g/mol. The first kappa shape index (κ1) is 26.2. The second-order valence-corrected chi connectivity index (χ2v) is 9.00. The molecule has 1 aromatic carbocycles. The molecule has 0 radical (unpaired) electrons. The van der Waals surface area contributed by atoms with Crippen molar-refractivity contribution in [3.63, 3.8) is 0 Å². The Kier molecular flexibility index (Phi) is 8.48. The summed E-state index contributed by atoms with van der Waals surface area (Å²) in [4.78, 5) is 24.3. The van der Waals surface area contributed by atoms with E-state index >= 15 is 0 Å². The summed E-state index contributed by atoms with van der Waals surface area (Å²) in [6.07, 6.45) is 2.40. The molecule has 0 saturated heterocycles. The summed E-state index contributed by atoms with van der Waals surface area (Å²) in [5.74, 6) is -0.738. The van der Waals surface area contributed by atoms with Crippen LogP contribution in [0.3, 0.4) is 0 Å². The molecule has 2 amide bonds. The number of aromatic nitrogens is 1. The van der Waals surface area contributed by atoms with Gasteiger partial charge in [0.05, 0.1) is 12.1 Å². The molecule has 1 aliphatic rings. The van der Waals surface area contributed by atoms with Crippen molar-refractivity contribution in [2.45, 2.75) is 57.2 Å². The molecule has 10 heteroatoms. The number of halogens is 3. The molecule has 1 heterocycles. The zero-order valence-corrected chi connectivity index (χ0v) is 19.4. The molecule has 0 unspecified atom stereocenters. The van der Waals surface area contributed by atoms with E-state index < -0.39 is 23.6 Å². The third-order valence-corrected chi connectivity index (χ3v) is 6.31. The minimum absolute atomic E-state index is 0.138. The first-order valence-electron chi connectivity index (χ1n) is 11.5. The van der Waals surface area contributed by atoms with Crippen molar-refractivity contribution in [3.05, 3.63) is 70.7 Å². The van der Waals surface area contributed by atoms with Gasteiger partial charge in [-0.2, -0.15) is 17.9 Å². The van der Waals surface area contributed by atoms with Gasteiger partial charge in [-0.15, -0.1) is 0 Å². The molecular formula is C25H29F3N4O3. The summed E-state index contributed by atoms with van der Waals surface area (Å²) in [7, 11) is 0. The summed E-state index contributed by atoms with van der Waals surface area (Å²) in [5, 5.41) is 24.7. The van der Waals surface area contributed by atoms with Gasteiger partial charge in [-0.05, 0) is 68.2 Å². The van der Waals surface area contributed by atoms with Gasteiger partial charge in [0.15, 0.2) is 12.4 Å². The Hall–Kier alpha value is -3.43. The summed E-state index contributed by atoms with van der Waals surface area (Å²) >= 11 is 0. The first-order valence-corrected chi connectivity index (χ1v) is 11.5. The fourth-order valence-corrected chi connectivity index (χ4v) is 4.44. The Bertz CT molecular complexity index is 1050. The van der Waals surface area contributed by atoms with Crippen LogP contribution in [0.1, 0.15) is 66.4 Å². The second-order valence-electron chi connectivity index (χ2n) is 9.00. The van der Waals surface area contributed by atoms with E-state index in [0.29, 0.717) is 18.1 Å². The number of pyridine rings is 1. The number of amides is 2. The van der Waals surface area contributed by atoms with Crippen molar-refractivity contribution in [1.29, 1.82) is 5.41 Å². The van der Waals surface area contributed by atoms with Gasteiger partial charge in [-0.25, -0.2) is 0 Å². The highest BCUT2D eigenvalue weighted by Crippen LogP contribution is 2.36. The lowest BCUT2D eigenvalue weighted by Gasteiger charge is -2.30. The number of benzene rings is 1. The second kappa shape index (κ2) is 11.3. The highest BCUT2D eigenvalue weighted by molar-refractivity contribution is 5.96. The zero-order valence-electron chi connectivity index (χ0n) is 19.4. The van der Waals surface area contributed by atoms with Gasteiger partial charge in [0, 0.05) is 35.9 Å². The van der Waals surface area contributed by atoms with Crippen LogP contribution in [0.15, 0.2) is 48.8 Å². The van der Waals surface area contributed by atoms with Gasteiger partial charge in [-0.1, -0.05) is 6.07 Å². The summed E-state index contributed by atoms with van der Waals surface area (Å²) in [6, 6.07) is 7.36. The van der Waals surface area contributed by atoms with E-state index in [9.17, 15) is 28.0 Å². The number of nitrogens with zero attached hydrogens (tertiary/aromatic N) is 1. The number of hydrogen-bond acceptors (Lipinski definition) is 4. The monoisotopic (exact) mass is 490 g/mol. The summed E-state index contributed by atoms with van der Waals surface area (Å²) in [5.41, 5.74) is 0.584. The van der Waals surface area contributed by atoms with Crippen LogP contribution in [-0.4, -0.2) is 30.1 Å². The number of nitrogens with one attached hydrogen (secondary N) is 3.